The van der Waals surface area contributed by atoms with E-state index in [0.717, 1.165) is 12.4 Å². The molecule has 0 saturated heterocycles. The smallest absolute Gasteiger partial charge is 0.118 e. The van der Waals surface area contributed by atoms with Gasteiger partial charge in [0, 0.05) is 5.92 Å². The van der Waals surface area contributed by atoms with E-state index in [1.54, 1.807) is 7.11 Å². The van der Waals surface area contributed by atoms with Crippen molar-refractivity contribution in [2.45, 2.75) is 52.6 Å². The van der Waals surface area contributed by atoms with Crippen molar-refractivity contribution < 1.29 is 9.47 Å². The predicted molar refractivity (Wildman–Crippen MR) is 90.7 cm³/mol. The van der Waals surface area contributed by atoms with E-state index < -0.39 is 0 Å². The fraction of sp³-hybridized carbons (Fsp3) is 0.579. The minimum Gasteiger partial charge on any atom is -0.497 e. The first-order valence-electron chi connectivity index (χ1n) is 7.91. The van der Waals surface area contributed by atoms with E-state index in [1.165, 1.54) is 24.8 Å². The standard InChI is InChI=1S/C19H30O2/c1-6-7-8-17(15-21-19(2,3)4)10-9-16-11-13-18(20-5)14-12-16/h9-14,17H,6-8,15H2,1-5H3/b10-9-. The first-order chi connectivity index (χ1) is 9.94. The van der Waals surface area contributed by atoms with E-state index in [9.17, 15) is 0 Å². The lowest BCUT2D eigenvalue weighted by atomic mass is 10.0. The Morgan fingerprint density at radius 2 is 1.81 bits per heavy atom. The van der Waals surface area contributed by atoms with Crippen molar-refractivity contribution in [1.29, 1.82) is 0 Å². The molecule has 0 aliphatic carbocycles. The quantitative estimate of drug-likeness (QED) is 0.644. The van der Waals surface area contributed by atoms with Crippen molar-refractivity contribution in [2.24, 2.45) is 5.92 Å². The maximum Gasteiger partial charge on any atom is 0.118 e. The molecule has 0 fully saturated rings. The zero-order chi connectivity index (χ0) is 15.7. The van der Waals surface area contributed by atoms with Gasteiger partial charge in [-0.3, -0.25) is 0 Å². The van der Waals surface area contributed by atoms with Crippen LogP contribution >= 0.6 is 0 Å². The topological polar surface area (TPSA) is 18.5 Å². The monoisotopic (exact) mass is 290 g/mol. The second kappa shape index (κ2) is 8.89. The summed E-state index contributed by atoms with van der Waals surface area (Å²) < 4.78 is 11.1. The summed E-state index contributed by atoms with van der Waals surface area (Å²) in [5.41, 5.74) is 1.13. The van der Waals surface area contributed by atoms with Gasteiger partial charge in [-0.05, 0) is 44.9 Å². The van der Waals surface area contributed by atoms with E-state index in [2.05, 4.69) is 52.0 Å². The molecule has 2 nitrogen and oxygen atoms in total. The highest BCUT2D eigenvalue weighted by Crippen LogP contribution is 2.18. The van der Waals surface area contributed by atoms with Gasteiger partial charge in [0.1, 0.15) is 5.75 Å². The normalized spacial score (nSPS) is 13.6. The van der Waals surface area contributed by atoms with Gasteiger partial charge in [0.25, 0.3) is 0 Å². The highest BCUT2D eigenvalue weighted by Gasteiger charge is 2.13. The molecule has 1 atom stereocenters. The Kier molecular flexibility index (Phi) is 7.52. The number of hydrogen-bond donors (Lipinski definition) is 0. The summed E-state index contributed by atoms with van der Waals surface area (Å²) in [6, 6.07) is 8.15. The highest BCUT2D eigenvalue weighted by molar-refractivity contribution is 5.50. The number of benzene rings is 1. The zero-order valence-corrected chi connectivity index (χ0v) is 14.2. The first-order valence-corrected chi connectivity index (χ1v) is 7.91. The third-order valence-electron chi connectivity index (χ3n) is 3.34. The summed E-state index contributed by atoms with van der Waals surface area (Å²) in [6.45, 7) is 9.34. The van der Waals surface area contributed by atoms with Gasteiger partial charge in [-0.2, -0.15) is 0 Å². The summed E-state index contributed by atoms with van der Waals surface area (Å²) in [5.74, 6) is 1.37. The molecule has 0 bridgehead atoms. The van der Waals surface area contributed by atoms with Crippen molar-refractivity contribution in [3.8, 4) is 5.75 Å². The lowest BCUT2D eigenvalue weighted by Crippen LogP contribution is -2.23. The Labute approximate surface area is 130 Å². The number of methoxy groups -OCH3 is 1. The van der Waals surface area contributed by atoms with Crippen LogP contribution in [0.5, 0.6) is 5.75 Å². The Balaban J connectivity index is 2.62. The Morgan fingerprint density at radius 3 is 2.33 bits per heavy atom. The number of ether oxygens (including phenoxy) is 2. The third kappa shape index (κ3) is 7.91. The molecule has 0 aliphatic heterocycles. The molecule has 118 valence electrons. The average Bonchev–Trinajstić information content (AvgIpc) is 2.46. The van der Waals surface area contributed by atoms with Crippen molar-refractivity contribution in [3.63, 3.8) is 0 Å². The fourth-order valence-electron chi connectivity index (χ4n) is 2.02. The molecule has 1 aromatic rings. The summed E-state index contributed by atoms with van der Waals surface area (Å²) in [5, 5.41) is 0. The van der Waals surface area contributed by atoms with E-state index >= 15 is 0 Å². The van der Waals surface area contributed by atoms with Gasteiger partial charge in [-0.15, -0.1) is 0 Å². The Bertz CT molecular complexity index is 412. The van der Waals surface area contributed by atoms with Gasteiger partial charge in [-0.1, -0.05) is 44.1 Å². The van der Waals surface area contributed by atoms with E-state index in [0.29, 0.717) is 5.92 Å². The molecule has 0 aliphatic rings. The predicted octanol–water partition coefficient (Wildman–Crippen LogP) is 5.33. The molecule has 21 heavy (non-hydrogen) atoms. The molecule has 0 saturated carbocycles. The zero-order valence-electron chi connectivity index (χ0n) is 14.2. The number of hydrogen-bond acceptors (Lipinski definition) is 2. The molecule has 0 spiro atoms. The average molecular weight is 290 g/mol. The minimum absolute atomic E-state index is 0.0710. The SMILES string of the molecule is CCCCC(/C=C\c1ccc(OC)cc1)COC(C)(C)C. The molecule has 0 radical (unpaired) electrons. The van der Waals surface area contributed by atoms with E-state index in [4.69, 9.17) is 9.47 Å². The number of rotatable bonds is 8. The maximum absolute atomic E-state index is 5.94. The number of unbranched alkanes of at least 4 members (excludes halogenated alkanes) is 1. The van der Waals surface area contributed by atoms with Crippen LogP contribution in [0.25, 0.3) is 6.08 Å². The van der Waals surface area contributed by atoms with Gasteiger partial charge in [0.15, 0.2) is 0 Å². The molecule has 1 rings (SSSR count). The molecule has 0 aromatic heterocycles. The second-order valence-corrected chi connectivity index (χ2v) is 6.46. The van der Waals surface area contributed by atoms with Crippen LogP contribution in [0.4, 0.5) is 0 Å². The van der Waals surface area contributed by atoms with Crippen LogP contribution < -0.4 is 4.74 Å². The van der Waals surface area contributed by atoms with Gasteiger partial charge in [-0.25, -0.2) is 0 Å². The summed E-state index contributed by atoms with van der Waals surface area (Å²) >= 11 is 0. The van der Waals surface area contributed by atoms with Crippen LogP contribution in [0.1, 0.15) is 52.5 Å². The lowest BCUT2D eigenvalue weighted by molar-refractivity contribution is -0.0164. The van der Waals surface area contributed by atoms with Crippen LogP contribution in [0.15, 0.2) is 30.3 Å². The maximum atomic E-state index is 5.94. The Morgan fingerprint density at radius 1 is 1.14 bits per heavy atom. The van der Waals surface area contributed by atoms with Crippen molar-refractivity contribution in [2.75, 3.05) is 13.7 Å². The first kappa shape index (κ1) is 17.8. The summed E-state index contributed by atoms with van der Waals surface area (Å²) in [6.07, 6.45) is 8.11. The second-order valence-electron chi connectivity index (χ2n) is 6.46. The molecule has 0 amide bonds. The largest absolute Gasteiger partial charge is 0.497 e. The van der Waals surface area contributed by atoms with Crippen molar-refractivity contribution >= 4 is 6.08 Å². The van der Waals surface area contributed by atoms with E-state index in [-0.39, 0.29) is 5.60 Å². The van der Waals surface area contributed by atoms with Gasteiger partial charge in [0.05, 0.1) is 19.3 Å². The summed E-state index contributed by atoms with van der Waals surface area (Å²) in [7, 11) is 1.69. The molecular formula is C19H30O2. The van der Waals surface area contributed by atoms with Crippen LogP contribution in [-0.2, 0) is 4.74 Å². The van der Waals surface area contributed by atoms with Gasteiger partial charge < -0.3 is 9.47 Å². The molecule has 1 aromatic carbocycles. The fourth-order valence-corrected chi connectivity index (χ4v) is 2.02. The third-order valence-corrected chi connectivity index (χ3v) is 3.34. The van der Waals surface area contributed by atoms with Crippen LogP contribution in [0, 0.1) is 5.92 Å². The van der Waals surface area contributed by atoms with Crippen molar-refractivity contribution in [3.05, 3.63) is 35.9 Å². The van der Waals surface area contributed by atoms with Crippen LogP contribution in [0.2, 0.25) is 0 Å². The Hall–Kier alpha value is -1.28. The lowest BCUT2D eigenvalue weighted by Gasteiger charge is -2.23. The molecule has 1 unspecified atom stereocenters. The van der Waals surface area contributed by atoms with Gasteiger partial charge >= 0.3 is 0 Å². The van der Waals surface area contributed by atoms with Crippen LogP contribution in [0.3, 0.4) is 0 Å². The van der Waals surface area contributed by atoms with E-state index in [1.807, 2.05) is 12.1 Å². The van der Waals surface area contributed by atoms with Gasteiger partial charge in [0.2, 0.25) is 0 Å². The molecule has 0 heterocycles. The minimum atomic E-state index is -0.0710. The molecular weight excluding hydrogens is 260 g/mol. The van der Waals surface area contributed by atoms with Crippen molar-refractivity contribution in [1.82, 2.24) is 0 Å². The summed E-state index contributed by atoms with van der Waals surface area (Å²) in [4.78, 5) is 0. The molecule has 0 N–H and O–H groups in total. The highest BCUT2D eigenvalue weighted by atomic mass is 16.5. The van der Waals surface area contributed by atoms with Crippen LogP contribution in [-0.4, -0.2) is 19.3 Å². The molecule has 2 heteroatoms.